The van der Waals surface area contributed by atoms with Gasteiger partial charge in [0, 0.05) is 12.1 Å². The van der Waals surface area contributed by atoms with Crippen molar-refractivity contribution in [1.29, 1.82) is 0 Å². The fourth-order valence-electron chi connectivity index (χ4n) is 1.92. The van der Waals surface area contributed by atoms with Crippen molar-refractivity contribution in [2.75, 3.05) is 6.54 Å². The number of rotatable bonds is 5. The number of aryl methyl sites for hydroxylation is 1. The minimum absolute atomic E-state index is 0.161. The van der Waals surface area contributed by atoms with E-state index in [1.165, 1.54) is 24.3 Å². The van der Waals surface area contributed by atoms with Crippen LogP contribution in [-0.2, 0) is 10.0 Å². The predicted molar refractivity (Wildman–Crippen MR) is 89.6 cm³/mol. The van der Waals surface area contributed by atoms with Crippen LogP contribution in [0.3, 0.4) is 0 Å². The summed E-state index contributed by atoms with van der Waals surface area (Å²) in [7, 11) is -3.74. The van der Waals surface area contributed by atoms with Crippen LogP contribution in [0.5, 0.6) is 0 Å². The van der Waals surface area contributed by atoms with Gasteiger partial charge in [0.25, 0.3) is 10.0 Å². The fraction of sp³-hybridized carbons (Fsp3) is 0.235. The molecule has 0 spiro atoms. The molecule has 0 bridgehead atoms. The maximum absolute atomic E-state index is 13.1. The van der Waals surface area contributed by atoms with Gasteiger partial charge in [-0.05, 0) is 49.7 Å². The number of sulfonamides is 1. The maximum Gasteiger partial charge on any atom is 0.263 e. The van der Waals surface area contributed by atoms with Crippen LogP contribution in [0.4, 0.5) is 4.39 Å². The van der Waals surface area contributed by atoms with Crippen LogP contribution >= 0.6 is 0 Å². The van der Waals surface area contributed by atoms with Crippen LogP contribution in [0, 0.1) is 12.7 Å². The normalized spacial score (nSPS) is 12.2. The lowest BCUT2D eigenvalue weighted by atomic mass is 10.2. The Kier molecular flexibility index (Phi) is 5.50. The lowest BCUT2D eigenvalue weighted by molar-refractivity contribution is 0.592. The van der Waals surface area contributed by atoms with E-state index in [-0.39, 0.29) is 16.5 Å². The molecule has 0 aromatic heterocycles. The van der Waals surface area contributed by atoms with E-state index in [0.717, 1.165) is 12.0 Å². The summed E-state index contributed by atoms with van der Waals surface area (Å²) in [5.41, 5.74) is 1.50. The Bertz CT molecular complexity index is 782. The Morgan fingerprint density at radius 2 is 1.70 bits per heavy atom. The van der Waals surface area contributed by atoms with E-state index in [1.54, 1.807) is 24.3 Å². The summed E-state index contributed by atoms with van der Waals surface area (Å²) in [4.78, 5) is 4.44. The summed E-state index contributed by atoms with van der Waals surface area (Å²) in [6, 6.07) is 12.1. The monoisotopic (exact) mass is 334 g/mol. The SMILES string of the molecule is CCCN=C(NS(=O)(=O)c1ccc(C)cc1)c1ccc(F)cc1. The Balaban J connectivity index is 2.33. The second-order valence-electron chi connectivity index (χ2n) is 5.16. The van der Waals surface area contributed by atoms with Gasteiger partial charge < -0.3 is 0 Å². The molecule has 2 rings (SSSR count). The van der Waals surface area contributed by atoms with Gasteiger partial charge in [0.2, 0.25) is 0 Å². The van der Waals surface area contributed by atoms with Gasteiger partial charge in [0.15, 0.2) is 0 Å². The van der Waals surface area contributed by atoms with Gasteiger partial charge in [-0.1, -0.05) is 24.6 Å². The topological polar surface area (TPSA) is 58.5 Å². The lowest BCUT2D eigenvalue weighted by Crippen LogP contribution is -2.31. The number of nitrogens with one attached hydrogen (secondary N) is 1. The van der Waals surface area contributed by atoms with Crippen molar-refractivity contribution in [2.24, 2.45) is 4.99 Å². The summed E-state index contributed by atoms with van der Waals surface area (Å²) in [6.07, 6.45) is 0.775. The number of amidine groups is 1. The minimum atomic E-state index is -3.74. The third-order valence-electron chi connectivity index (χ3n) is 3.17. The number of hydrogen-bond acceptors (Lipinski definition) is 3. The average Bonchev–Trinajstić information content (AvgIpc) is 2.52. The van der Waals surface area contributed by atoms with Crippen LogP contribution in [-0.4, -0.2) is 20.8 Å². The second-order valence-corrected chi connectivity index (χ2v) is 6.84. The molecule has 0 radical (unpaired) electrons. The Morgan fingerprint density at radius 3 is 2.26 bits per heavy atom. The van der Waals surface area contributed by atoms with Crippen LogP contribution in [0.2, 0.25) is 0 Å². The smallest absolute Gasteiger partial charge is 0.263 e. The van der Waals surface area contributed by atoms with Gasteiger partial charge in [0.05, 0.1) is 4.90 Å². The zero-order valence-electron chi connectivity index (χ0n) is 13.1. The Labute approximate surface area is 136 Å². The predicted octanol–water partition coefficient (Wildman–Crippen LogP) is 3.27. The molecule has 2 aromatic carbocycles. The molecule has 122 valence electrons. The highest BCUT2D eigenvalue weighted by atomic mass is 32.2. The zero-order chi connectivity index (χ0) is 16.9. The summed E-state index contributed by atoms with van der Waals surface area (Å²) in [5, 5.41) is 0. The molecule has 0 aliphatic carbocycles. The third-order valence-corrected chi connectivity index (χ3v) is 4.53. The highest BCUT2D eigenvalue weighted by Crippen LogP contribution is 2.12. The van der Waals surface area contributed by atoms with Crippen molar-refractivity contribution in [2.45, 2.75) is 25.2 Å². The first-order valence-electron chi connectivity index (χ1n) is 7.32. The van der Waals surface area contributed by atoms with E-state index in [1.807, 2.05) is 13.8 Å². The van der Waals surface area contributed by atoms with Crippen molar-refractivity contribution in [3.05, 3.63) is 65.5 Å². The lowest BCUT2D eigenvalue weighted by Gasteiger charge is -2.11. The molecule has 0 amide bonds. The van der Waals surface area contributed by atoms with Crippen LogP contribution < -0.4 is 4.72 Å². The van der Waals surface area contributed by atoms with Crippen molar-refractivity contribution in [1.82, 2.24) is 4.72 Å². The Morgan fingerprint density at radius 1 is 1.09 bits per heavy atom. The second kappa shape index (κ2) is 7.37. The average molecular weight is 334 g/mol. The van der Waals surface area contributed by atoms with Gasteiger partial charge in [-0.15, -0.1) is 0 Å². The van der Waals surface area contributed by atoms with Crippen LogP contribution in [0.25, 0.3) is 0 Å². The molecule has 23 heavy (non-hydrogen) atoms. The molecular weight excluding hydrogens is 315 g/mol. The number of aliphatic imine (C=N–C) groups is 1. The molecule has 1 N–H and O–H groups in total. The van der Waals surface area contributed by atoms with Crippen LogP contribution in [0.1, 0.15) is 24.5 Å². The molecule has 0 saturated heterocycles. The van der Waals surface area contributed by atoms with Gasteiger partial charge in [-0.2, -0.15) is 0 Å². The van der Waals surface area contributed by atoms with Gasteiger partial charge >= 0.3 is 0 Å². The maximum atomic E-state index is 13.1. The first kappa shape index (κ1) is 17.1. The first-order chi connectivity index (χ1) is 10.9. The summed E-state index contributed by atoms with van der Waals surface area (Å²) < 4.78 is 40.5. The number of benzene rings is 2. The standard InChI is InChI=1S/C17H19FN2O2S/c1-3-12-19-17(14-6-8-15(18)9-7-14)20-23(21,22)16-10-4-13(2)5-11-16/h4-11H,3,12H2,1-2H3,(H,19,20). The Hall–Kier alpha value is -2.21. The number of halogens is 1. The molecule has 0 heterocycles. The van der Waals surface area contributed by atoms with Gasteiger partial charge in [-0.25, -0.2) is 12.8 Å². The summed E-state index contributed by atoms with van der Waals surface area (Å²) >= 11 is 0. The molecular formula is C17H19FN2O2S. The largest absolute Gasteiger partial charge is 0.267 e. The van der Waals surface area contributed by atoms with E-state index in [2.05, 4.69) is 9.71 Å². The van der Waals surface area contributed by atoms with Crippen molar-refractivity contribution < 1.29 is 12.8 Å². The highest BCUT2D eigenvalue weighted by Gasteiger charge is 2.17. The first-order valence-corrected chi connectivity index (χ1v) is 8.80. The fourth-order valence-corrected chi connectivity index (χ4v) is 2.97. The number of nitrogens with zero attached hydrogens (tertiary/aromatic N) is 1. The highest BCUT2D eigenvalue weighted by molar-refractivity contribution is 7.90. The molecule has 0 aliphatic heterocycles. The molecule has 0 saturated carbocycles. The van der Waals surface area contributed by atoms with Gasteiger partial charge in [0.1, 0.15) is 11.7 Å². The van der Waals surface area contributed by atoms with Crippen molar-refractivity contribution in [3.8, 4) is 0 Å². The van der Waals surface area contributed by atoms with Gasteiger partial charge in [-0.3, -0.25) is 9.71 Å². The van der Waals surface area contributed by atoms with E-state index in [0.29, 0.717) is 12.1 Å². The molecule has 0 fully saturated rings. The quantitative estimate of drug-likeness (QED) is 0.674. The molecule has 4 nitrogen and oxygen atoms in total. The van der Waals surface area contributed by atoms with E-state index in [9.17, 15) is 12.8 Å². The van der Waals surface area contributed by atoms with E-state index in [4.69, 9.17) is 0 Å². The summed E-state index contributed by atoms with van der Waals surface area (Å²) in [6.45, 7) is 4.31. The minimum Gasteiger partial charge on any atom is -0.267 e. The molecule has 0 unspecified atom stereocenters. The zero-order valence-corrected chi connectivity index (χ0v) is 13.9. The molecule has 6 heteroatoms. The third kappa shape index (κ3) is 4.63. The van der Waals surface area contributed by atoms with E-state index >= 15 is 0 Å². The molecule has 2 aromatic rings. The molecule has 0 aliphatic rings. The number of hydrogen-bond donors (Lipinski definition) is 1. The molecule has 0 atom stereocenters. The van der Waals surface area contributed by atoms with Crippen molar-refractivity contribution in [3.63, 3.8) is 0 Å². The van der Waals surface area contributed by atoms with Crippen LogP contribution in [0.15, 0.2) is 58.4 Å². The summed E-state index contributed by atoms with van der Waals surface area (Å²) in [5.74, 6) is -0.169. The van der Waals surface area contributed by atoms with Crippen molar-refractivity contribution >= 4 is 15.9 Å². The van der Waals surface area contributed by atoms with E-state index < -0.39 is 10.0 Å².